The highest BCUT2D eigenvalue weighted by atomic mass is 19.4. The molecule has 0 radical (unpaired) electrons. The van der Waals surface area contributed by atoms with Crippen LogP contribution in [0, 0.1) is 0 Å². The van der Waals surface area contributed by atoms with Crippen LogP contribution >= 0.6 is 0 Å². The smallest absolute Gasteiger partial charge is 0.293 e. The van der Waals surface area contributed by atoms with Crippen molar-refractivity contribution in [3.63, 3.8) is 0 Å². The van der Waals surface area contributed by atoms with Gasteiger partial charge in [0.05, 0.1) is 10.9 Å². The van der Waals surface area contributed by atoms with E-state index >= 15 is 0 Å². The number of aromatic nitrogens is 3. The van der Waals surface area contributed by atoms with Crippen LogP contribution in [-0.2, 0) is 6.18 Å². The maximum atomic E-state index is 12.4. The lowest BCUT2D eigenvalue weighted by Crippen LogP contribution is -2.05. The Morgan fingerprint density at radius 2 is 2.12 bits per heavy atom. The van der Waals surface area contributed by atoms with Gasteiger partial charge in [-0.3, -0.25) is 9.89 Å². The predicted octanol–water partition coefficient (Wildman–Crippen LogP) is 2.18. The number of rotatable bonds is 1. The van der Waals surface area contributed by atoms with Gasteiger partial charge >= 0.3 is 6.18 Å². The van der Waals surface area contributed by atoms with Crippen LogP contribution in [0.1, 0.15) is 23.0 Å². The molecular weight excluding hydrogens is 223 g/mol. The summed E-state index contributed by atoms with van der Waals surface area (Å²) in [4.78, 5) is 14.7. The molecule has 2 aromatic rings. The molecule has 16 heavy (non-hydrogen) atoms. The second-order valence-corrected chi connectivity index (χ2v) is 3.25. The summed E-state index contributed by atoms with van der Waals surface area (Å²) in [5.41, 5.74) is -0.768. The Balaban J connectivity index is 2.68. The molecule has 84 valence electrons. The number of hydrogen-bond acceptors (Lipinski definition) is 3. The first-order chi connectivity index (χ1) is 7.39. The van der Waals surface area contributed by atoms with Crippen molar-refractivity contribution in [3.05, 3.63) is 23.5 Å². The average molecular weight is 229 g/mol. The lowest BCUT2D eigenvalue weighted by molar-refractivity contribution is -0.137. The summed E-state index contributed by atoms with van der Waals surface area (Å²) in [7, 11) is 0. The summed E-state index contributed by atoms with van der Waals surface area (Å²) in [6, 6.07) is 0.864. The van der Waals surface area contributed by atoms with Gasteiger partial charge in [0.15, 0.2) is 11.4 Å². The fraction of sp³-hybridized carbons (Fsp3) is 0.222. The van der Waals surface area contributed by atoms with Gasteiger partial charge in [-0.15, -0.1) is 0 Å². The van der Waals surface area contributed by atoms with E-state index in [1.807, 2.05) is 0 Å². The summed E-state index contributed by atoms with van der Waals surface area (Å²) in [5, 5.41) is 6.10. The summed E-state index contributed by atoms with van der Waals surface area (Å²) in [6.07, 6.45) is -3.78. The Morgan fingerprint density at radius 3 is 2.69 bits per heavy atom. The Bertz CT molecular complexity index is 559. The summed E-state index contributed by atoms with van der Waals surface area (Å²) < 4.78 is 37.2. The minimum absolute atomic E-state index is 0.0337. The van der Waals surface area contributed by atoms with Crippen LogP contribution in [0.5, 0.6) is 0 Å². The molecule has 4 nitrogen and oxygen atoms in total. The third kappa shape index (κ3) is 1.64. The number of Topliss-reactive ketones (excluding diaryl/α,β-unsaturated/α-hetero) is 1. The van der Waals surface area contributed by atoms with Gasteiger partial charge in [0.1, 0.15) is 5.69 Å². The molecule has 0 bridgehead atoms. The molecule has 0 aliphatic heterocycles. The van der Waals surface area contributed by atoms with Gasteiger partial charge in [0.25, 0.3) is 0 Å². The van der Waals surface area contributed by atoms with E-state index in [1.165, 1.54) is 6.92 Å². The van der Waals surface area contributed by atoms with E-state index < -0.39 is 17.5 Å². The molecule has 0 fully saturated rings. The van der Waals surface area contributed by atoms with Crippen LogP contribution in [0.25, 0.3) is 11.0 Å². The summed E-state index contributed by atoms with van der Waals surface area (Å²) >= 11 is 0. The van der Waals surface area contributed by atoms with E-state index in [2.05, 4.69) is 15.2 Å². The summed E-state index contributed by atoms with van der Waals surface area (Å²) in [6.45, 7) is 1.23. The molecule has 0 atom stereocenters. The highest BCUT2D eigenvalue weighted by Crippen LogP contribution is 2.30. The number of pyridine rings is 1. The van der Waals surface area contributed by atoms with E-state index in [9.17, 15) is 18.0 Å². The van der Waals surface area contributed by atoms with Crippen molar-refractivity contribution >= 4 is 16.8 Å². The van der Waals surface area contributed by atoms with Crippen LogP contribution in [0.2, 0.25) is 0 Å². The average Bonchev–Trinajstić information content (AvgIpc) is 2.58. The number of aromatic amines is 1. The van der Waals surface area contributed by atoms with Gasteiger partial charge in [-0.05, 0) is 6.07 Å². The van der Waals surface area contributed by atoms with Gasteiger partial charge in [-0.2, -0.15) is 18.3 Å². The molecule has 0 amide bonds. The van der Waals surface area contributed by atoms with Crippen molar-refractivity contribution in [2.75, 3.05) is 0 Å². The number of hydrogen-bond donors (Lipinski definition) is 1. The predicted molar refractivity (Wildman–Crippen MR) is 48.9 cm³/mol. The molecule has 2 heterocycles. The van der Waals surface area contributed by atoms with Crippen molar-refractivity contribution in [1.82, 2.24) is 15.2 Å². The Hall–Kier alpha value is -1.92. The lowest BCUT2D eigenvalue weighted by Gasteiger charge is -2.05. The number of nitrogens with one attached hydrogen (secondary N) is 1. The second kappa shape index (κ2) is 3.29. The molecule has 7 heteroatoms. The molecule has 0 aromatic carbocycles. The zero-order valence-electron chi connectivity index (χ0n) is 8.09. The number of fused-ring (bicyclic) bond motifs is 1. The number of H-pyrrole nitrogens is 1. The SMILES string of the molecule is CC(=O)c1n[nH]c2ncc(C(F)(F)F)cc12. The Labute approximate surface area is 87.5 Å². The van der Waals surface area contributed by atoms with E-state index in [0.29, 0.717) is 6.20 Å². The molecule has 0 aliphatic rings. The van der Waals surface area contributed by atoms with Crippen LogP contribution in [-0.4, -0.2) is 21.0 Å². The highest BCUT2D eigenvalue weighted by molar-refractivity contribution is 6.03. The van der Waals surface area contributed by atoms with Crippen molar-refractivity contribution in [2.24, 2.45) is 0 Å². The standard InChI is InChI=1S/C9H6F3N3O/c1-4(16)7-6-2-5(9(10,11)12)3-13-8(6)15-14-7/h2-3H,1H3,(H,13,14,15). The normalized spacial score (nSPS) is 12.0. The van der Waals surface area contributed by atoms with Gasteiger partial charge in [0, 0.05) is 13.1 Å². The van der Waals surface area contributed by atoms with Crippen molar-refractivity contribution in [3.8, 4) is 0 Å². The molecule has 0 saturated heterocycles. The molecule has 1 N–H and O–H groups in total. The Kier molecular flexibility index (Phi) is 2.18. The second-order valence-electron chi connectivity index (χ2n) is 3.25. The molecule has 2 rings (SSSR count). The van der Waals surface area contributed by atoms with E-state index in [-0.39, 0.29) is 16.7 Å². The molecule has 2 aromatic heterocycles. The first-order valence-corrected chi connectivity index (χ1v) is 4.32. The van der Waals surface area contributed by atoms with Gasteiger partial charge < -0.3 is 0 Å². The van der Waals surface area contributed by atoms with Crippen LogP contribution in [0.3, 0.4) is 0 Å². The maximum absolute atomic E-state index is 12.4. The molecule has 0 unspecified atom stereocenters. The van der Waals surface area contributed by atoms with E-state index in [4.69, 9.17) is 0 Å². The maximum Gasteiger partial charge on any atom is 0.417 e. The number of nitrogens with zero attached hydrogens (tertiary/aromatic N) is 2. The van der Waals surface area contributed by atoms with Gasteiger partial charge in [-0.25, -0.2) is 4.98 Å². The van der Waals surface area contributed by atoms with Crippen molar-refractivity contribution in [1.29, 1.82) is 0 Å². The third-order valence-electron chi connectivity index (χ3n) is 2.08. The topological polar surface area (TPSA) is 58.6 Å². The number of ketones is 1. The largest absolute Gasteiger partial charge is 0.417 e. The fourth-order valence-electron chi connectivity index (χ4n) is 1.33. The van der Waals surface area contributed by atoms with Crippen LogP contribution < -0.4 is 0 Å². The first-order valence-electron chi connectivity index (χ1n) is 4.32. The fourth-order valence-corrected chi connectivity index (χ4v) is 1.33. The molecule has 0 aliphatic carbocycles. The minimum Gasteiger partial charge on any atom is -0.293 e. The van der Waals surface area contributed by atoms with Gasteiger partial charge in [-0.1, -0.05) is 0 Å². The van der Waals surface area contributed by atoms with Crippen molar-refractivity contribution in [2.45, 2.75) is 13.1 Å². The van der Waals surface area contributed by atoms with Gasteiger partial charge in [0.2, 0.25) is 0 Å². The minimum atomic E-state index is -4.48. The number of carbonyl (C=O) groups is 1. The highest BCUT2D eigenvalue weighted by Gasteiger charge is 2.31. The van der Waals surface area contributed by atoms with Crippen molar-refractivity contribution < 1.29 is 18.0 Å². The third-order valence-corrected chi connectivity index (χ3v) is 2.08. The lowest BCUT2D eigenvalue weighted by atomic mass is 10.1. The zero-order valence-corrected chi connectivity index (χ0v) is 8.09. The quantitative estimate of drug-likeness (QED) is 0.762. The Morgan fingerprint density at radius 1 is 1.44 bits per heavy atom. The van der Waals surface area contributed by atoms with E-state index in [1.54, 1.807) is 0 Å². The molecule has 0 spiro atoms. The first kappa shape index (κ1) is 10.6. The van der Waals surface area contributed by atoms with Crippen LogP contribution in [0.15, 0.2) is 12.3 Å². The number of halogens is 3. The molecular formula is C9H6F3N3O. The number of alkyl halides is 3. The van der Waals surface area contributed by atoms with Crippen LogP contribution in [0.4, 0.5) is 13.2 Å². The van der Waals surface area contributed by atoms with E-state index in [0.717, 1.165) is 6.07 Å². The zero-order chi connectivity index (χ0) is 11.9. The molecule has 0 saturated carbocycles. The summed E-state index contributed by atoms with van der Waals surface area (Å²) in [5.74, 6) is -0.410. The number of carbonyl (C=O) groups excluding carboxylic acids is 1. The monoisotopic (exact) mass is 229 g/mol.